The Bertz CT molecular complexity index is 286. The Morgan fingerprint density at radius 3 is 2.73 bits per heavy atom. The van der Waals surface area contributed by atoms with E-state index in [9.17, 15) is 0 Å². The molecule has 0 amide bonds. The quantitative estimate of drug-likeness (QED) is 0.769. The van der Waals surface area contributed by atoms with Crippen molar-refractivity contribution >= 4 is 0 Å². The average molecular weight is 212 g/mol. The van der Waals surface area contributed by atoms with E-state index < -0.39 is 0 Å². The van der Waals surface area contributed by atoms with Crippen molar-refractivity contribution in [2.45, 2.75) is 13.0 Å². The van der Waals surface area contributed by atoms with Gasteiger partial charge in [-0.25, -0.2) is 0 Å². The van der Waals surface area contributed by atoms with Crippen LogP contribution in [0.4, 0.5) is 0 Å². The number of aryl methyl sites for hydroxylation is 1. The predicted octanol–water partition coefficient (Wildman–Crippen LogP) is 1.17. The van der Waals surface area contributed by atoms with Crippen LogP contribution >= 0.6 is 0 Å². The second kappa shape index (κ2) is 5.90. The minimum Gasteiger partial charge on any atom is -0.465 e. The molecule has 0 saturated carbocycles. The highest BCUT2D eigenvalue weighted by Crippen LogP contribution is 2.20. The van der Waals surface area contributed by atoms with Gasteiger partial charge in [-0.3, -0.25) is 4.90 Å². The summed E-state index contributed by atoms with van der Waals surface area (Å²) in [6.45, 7) is 4.03. The fourth-order valence-corrected chi connectivity index (χ4v) is 1.54. The molecule has 1 heterocycles. The van der Waals surface area contributed by atoms with Crippen molar-refractivity contribution in [3.05, 3.63) is 23.7 Å². The lowest BCUT2D eigenvalue weighted by atomic mass is 10.2. The molecule has 0 aliphatic heterocycles. The molecule has 1 aromatic heterocycles. The summed E-state index contributed by atoms with van der Waals surface area (Å²) in [5.41, 5.74) is 5.74. The van der Waals surface area contributed by atoms with Gasteiger partial charge in [0.25, 0.3) is 0 Å². The standard InChI is InChI=1S/C11H20N2O2/c1-9-4-5-11(15-9)10(8-12)13(2)6-7-14-3/h4-5,10H,6-8,12H2,1-3H3. The van der Waals surface area contributed by atoms with Crippen LogP contribution < -0.4 is 5.73 Å². The second-order valence-corrected chi connectivity index (χ2v) is 3.67. The van der Waals surface area contributed by atoms with Gasteiger partial charge in [-0.2, -0.15) is 0 Å². The SMILES string of the molecule is COCCN(C)C(CN)c1ccc(C)o1. The number of hydrogen-bond donors (Lipinski definition) is 1. The highest BCUT2D eigenvalue weighted by molar-refractivity contribution is 5.10. The lowest BCUT2D eigenvalue weighted by Crippen LogP contribution is -2.32. The Kier molecular flexibility index (Phi) is 4.81. The number of hydrogen-bond acceptors (Lipinski definition) is 4. The summed E-state index contributed by atoms with van der Waals surface area (Å²) in [7, 11) is 3.72. The molecule has 0 fully saturated rings. The molecule has 0 saturated heterocycles. The Morgan fingerprint density at radius 1 is 1.53 bits per heavy atom. The summed E-state index contributed by atoms with van der Waals surface area (Å²) in [6.07, 6.45) is 0. The van der Waals surface area contributed by atoms with Crippen LogP contribution in [0.5, 0.6) is 0 Å². The number of nitrogens with zero attached hydrogens (tertiary/aromatic N) is 1. The molecule has 0 radical (unpaired) electrons. The van der Waals surface area contributed by atoms with Crippen LogP contribution in [0.15, 0.2) is 16.5 Å². The van der Waals surface area contributed by atoms with Crippen molar-refractivity contribution in [3.8, 4) is 0 Å². The zero-order valence-electron chi connectivity index (χ0n) is 9.69. The van der Waals surface area contributed by atoms with E-state index in [1.165, 1.54) is 0 Å². The molecule has 0 spiro atoms. The molecule has 0 aromatic carbocycles. The van der Waals surface area contributed by atoms with E-state index in [4.69, 9.17) is 14.9 Å². The summed E-state index contributed by atoms with van der Waals surface area (Å²) in [5.74, 6) is 1.84. The van der Waals surface area contributed by atoms with Crippen molar-refractivity contribution in [1.82, 2.24) is 4.90 Å². The zero-order valence-corrected chi connectivity index (χ0v) is 9.69. The zero-order chi connectivity index (χ0) is 11.3. The molecule has 1 unspecified atom stereocenters. The van der Waals surface area contributed by atoms with Crippen molar-refractivity contribution in [3.63, 3.8) is 0 Å². The van der Waals surface area contributed by atoms with E-state index >= 15 is 0 Å². The van der Waals surface area contributed by atoms with E-state index in [1.807, 2.05) is 26.1 Å². The smallest absolute Gasteiger partial charge is 0.122 e. The van der Waals surface area contributed by atoms with Gasteiger partial charge in [0.05, 0.1) is 12.6 Å². The Balaban J connectivity index is 2.62. The van der Waals surface area contributed by atoms with Crippen LogP contribution in [-0.4, -0.2) is 38.8 Å². The van der Waals surface area contributed by atoms with Crippen molar-refractivity contribution in [2.24, 2.45) is 5.73 Å². The molecule has 0 aliphatic rings. The summed E-state index contributed by atoms with van der Waals surface area (Å²) >= 11 is 0. The molecular weight excluding hydrogens is 192 g/mol. The van der Waals surface area contributed by atoms with Crippen molar-refractivity contribution < 1.29 is 9.15 Å². The monoisotopic (exact) mass is 212 g/mol. The number of furan rings is 1. The fraction of sp³-hybridized carbons (Fsp3) is 0.636. The lowest BCUT2D eigenvalue weighted by molar-refractivity contribution is 0.132. The first-order chi connectivity index (χ1) is 7.19. The van der Waals surface area contributed by atoms with E-state index in [2.05, 4.69) is 4.90 Å². The van der Waals surface area contributed by atoms with Gasteiger partial charge >= 0.3 is 0 Å². The number of rotatable bonds is 6. The number of likely N-dealkylation sites (N-methyl/N-ethyl adjacent to an activating group) is 1. The minimum atomic E-state index is 0.133. The molecule has 4 heteroatoms. The minimum absolute atomic E-state index is 0.133. The molecular formula is C11H20N2O2. The van der Waals surface area contributed by atoms with Gasteiger partial charge in [-0.05, 0) is 26.1 Å². The average Bonchev–Trinajstić information content (AvgIpc) is 2.63. The molecule has 1 atom stereocenters. The van der Waals surface area contributed by atoms with E-state index in [1.54, 1.807) is 7.11 Å². The molecule has 1 aromatic rings. The van der Waals surface area contributed by atoms with Gasteiger partial charge in [0.2, 0.25) is 0 Å². The van der Waals surface area contributed by atoms with Crippen LogP contribution in [0.3, 0.4) is 0 Å². The number of methoxy groups -OCH3 is 1. The molecule has 4 nitrogen and oxygen atoms in total. The van der Waals surface area contributed by atoms with Crippen LogP contribution in [0.1, 0.15) is 17.6 Å². The Morgan fingerprint density at radius 2 is 2.27 bits per heavy atom. The molecule has 15 heavy (non-hydrogen) atoms. The Hall–Kier alpha value is -0.840. The van der Waals surface area contributed by atoms with Crippen LogP contribution in [-0.2, 0) is 4.74 Å². The second-order valence-electron chi connectivity index (χ2n) is 3.67. The lowest BCUT2D eigenvalue weighted by Gasteiger charge is -2.24. The predicted molar refractivity (Wildman–Crippen MR) is 59.7 cm³/mol. The molecule has 0 aliphatic carbocycles. The van der Waals surface area contributed by atoms with Crippen LogP contribution in [0.2, 0.25) is 0 Å². The molecule has 2 N–H and O–H groups in total. The summed E-state index contributed by atoms with van der Waals surface area (Å²) in [4.78, 5) is 2.14. The van der Waals surface area contributed by atoms with E-state index in [0.29, 0.717) is 13.2 Å². The maximum Gasteiger partial charge on any atom is 0.122 e. The third-order valence-corrected chi connectivity index (χ3v) is 2.49. The topological polar surface area (TPSA) is 51.6 Å². The number of ether oxygens (including phenoxy) is 1. The largest absolute Gasteiger partial charge is 0.465 e. The summed E-state index contributed by atoms with van der Waals surface area (Å²) in [6, 6.07) is 4.08. The fourth-order valence-electron chi connectivity index (χ4n) is 1.54. The first kappa shape index (κ1) is 12.2. The van der Waals surface area contributed by atoms with Gasteiger partial charge in [0.15, 0.2) is 0 Å². The first-order valence-electron chi connectivity index (χ1n) is 5.14. The van der Waals surface area contributed by atoms with Crippen LogP contribution in [0, 0.1) is 6.92 Å². The summed E-state index contributed by atoms with van der Waals surface area (Å²) in [5, 5.41) is 0. The highest BCUT2D eigenvalue weighted by Gasteiger charge is 2.18. The number of nitrogens with two attached hydrogens (primary N) is 1. The third-order valence-electron chi connectivity index (χ3n) is 2.49. The van der Waals surface area contributed by atoms with Crippen LogP contribution in [0.25, 0.3) is 0 Å². The van der Waals surface area contributed by atoms with Gasteiger partial charge in [0, 0.05) is 20.2 Å². The van der Waals surface area contributed by atoms with Gasteiger partial charge in [-0.15, -0.1) is 0 Å². The third kappa shape index (κ3) is 3.34. The Labute approximate surface area is 91.0 Å². The first-order valence-corrected chi connectivity index (χ1v) is 5.14. The highest BCUT2D eigenvalue weighted by atomic mass is 16.5. The maximum atomic E-state index is 5.74. The van der Waals surface area contributed by atoms with E-state index in [-0.39, 0.29) is 6.04 Å². The summed E-state index contributed by atoms with van der Waals surface area (Å²) < 4.78 is 10.6. The molecule has 1 rings (SSSR count). The van der Waals surface area contributed by atoms with E-state index in [0.717, 1.165) is 18.1 Å². The van der Waals surface area contributed by atoms with Gasteiger partial charge < -0.3 is 14.9 Å². The van der Waals surface area contributed by atoms with Crippen molar-refractivity contribution in [2.75, 3.05) is 33.9 Å². The van der Waals surface area contributed by atoms with Gasteiger partial charge in [0.1, 0.15) is 11.5 Å². The van der Waals surface area contributed by atoms with Crippen molar-refractivity contribution in [1.29, 1.82) is 0 Å². The maximum absolute atomic E-state index is 5.74. The normalized spacial score (nSPS) is 13.4. The molecule has 0 bridgehead atoms. The van der Waals surface area contributed by atoms with Gasteiger partial charge in [-0.1, -0.05) is 0 Å². The molecule has 86 valence electrons.